The molecule has 146 valence electrons. The van der Waals surface area contributed by atoms with E-state index in [-0.39, 0.29) is 17.2 Å². The fraction of sp³-hybridized carbons (Fsp3) is 0.381. The van der Waals surface area contributed by atoms with E-state index >= 15 is 0 Å². The molecule has 0 atom stereocenters. The van der Waals surface area contributed by atoms with Gasteiger partial charge in [-0.1, -0.05) is 18.9 Å². The first-order chi connectivity index (χ1) is 13.0. The van der Waals surface area contributed by atoms with Crippen molar-refractivity contribution in [1.82, 2.24) is 0 Å². The summed E-state index contributed by atoms with van der Waals surface area (Å²) < 4.78 is 15.3. The van der Waals surface area contributed by atoms with Gasteiger partial charge in [0.15, 0.2) is 23.0 Å². The van der Waals surface area contributed by atoms with E-state index in [1.54, 1.807) is 6.07 Å². The van der Waals surface area contributed by atoms with Crippen LogP contribution in [0.1, 0.15) is 41.6 Å². The topological polar surface area (TPSA) is 85.2 Å². The van der Waals surface area contributed by atoms with Gasteiger partial charge in [0.2, 0.25) is 0 Å². The summed E-state index contributed by atoms with van der Waals surface area (Å²) in [6.07, 6.45) is 4.69. The maximum Gasteiger partial charge on any atom is 0.338 e. The Kier molecular flexibility index (Phi) is 7.79. The zero-order chi connectivity index (χ0) is 19.6. The van der Waals surface area contributed by atoms with Gasteiger partial charge in [-0.15, -0.1) is 0 Å². The molecule has 0 bridgehead atoms. The lowest BCUT2D eigenvalue weighted by molar-refractivity contribution is 0.0497. The number of aromatic hydroxyl groups is 2. The molecule has 0 amide bonds. The second-order valence-corrected chi connectivity index (χ2v) is 6.19. The molecule has 0 aliphatic heterocycles. The minimum Gasteiger partial charge on any atom is -0.504 e. The van der Waals surface area contributed by atoms with Gasteiger partial charge < -0.3 is 24.4 Å². The van der Waals surface area contributed by atoms with E-state index in [2.05, 4.69) is 0 Å². The Hall–Kier alpha value is -2.89. The van der Waals surface area contributed by atoms with E-state index < -0.39 is 5.97 Å². The number of carbonyl (C=O) groups is 1. The molecular weight excluding hydrogens is 348 g/mol. The average molecular weight is 374 g/mol. The lowest BCUT2D eigenvalue weighted by atomic mass is 10.1. The zero-order valence-corrected chi connectivity index (χ0v) is 15.7. The quantitative estimate of drug-likeness (QED) is 0.482. The first-order valence-electron chi connectivity index (χ1n) is 8.95. The monoisotopic (exact) mass is 374 g/mol. The molecule has 0 heterocycles. The average Bonchev–Trinajstić information content (AvgIpc) is 2.68. The van der Waals surface area contributed by atoms with Gasteiger partial charge in [-0.3, -0.25) is 0 Å². The van der Waals surface area contributed by atoms with Crippen molar-refractivity contribution in [3.05, 3.63) is 47.5 Å². The molecule has 2 aromatic rings. The summed E-state index contributed by atoms with van der Waals surface area (Å²) in [5.41, 5.74) is 1.48. The summed E-state index contributed by atoms with van der Waals surface area (Å²) in [5, 5.41) is 19.1. The zero-order valence-electron chi connectivity index (χ0n) is 15.7. The van der Waals surface area contributed by atoms with Crippen molar-refractivity contribution in [2.24, 2.45) is 0 Å². The van der Waals surface area contributed by atoms with Gasteiger partial charge in [0.05, 0.1) is 26.4 Å². The minimum absolute atomic E-state index is 0.0136. The number of methoxy groups -OCH3 is 2. The summed E-state index contributed by atoms with van der Waals surface area (Å²) in [4.78, 5) is 12.0. The number of unbranched alkanes of at least 4 members (excludes halogenated alkanes) is 3. The van der Waals surface area contributed by atoms with Crippen LogP contribution in [0.5, 0.6) is 23.0 Å². The molecule has 2 N–H and O–H groups in total. The number of ether oxygens (including phenoxy) is 3. The van der Waals surface area contributed by atoms with Gasteiger partial charge in [0.1, 0.15) is 0 Å². The minimum atomic E-state index is -0.426. The van der Waals surface area contributed by atoms with Crippen molar-refractivity contribution in [1.29, 1.82) is 0 Å². The molecule has 0 radical (unpaired) electrons. The third-order valence-electron chi connectivity index (χ3n) is 4.25. The van der Waals surface area contributed by atoms with Crippen LogP contribution < -0.4 is 9.47 Å². The summed E-state index contributed by atoms with van der Waals surface area (Å²) in [7, 11) is 2.97. The van der Waals surface area contributed by atoms with Gasteiger partial charge >= 0.3 is 5.97 Å². The molecule has 2 rings (SSSR count). The highest BCUT2D eigenvalue weighted by atomic mass is 16.5. The molecular formula is C21H26O6. The largest absolute Gasteiger partial charge is 0.504 e. The van der Waals surface area contributed by atoms with Crippen LogP contribution in [0.4, 0.5) is 0 Å². The van der Waals surface area contributed by atoms with Gasteiger partial charge in [0.25, 0.3) is 0 Å². The summed E-state index contributed by atoms with van der Waals surface area (Å²) in [6.45, 7) is 0.356. The molecule has 0 unspecified atom stereocenters. The summed E-state index contributed by atoms with van der Waals surface area (Å²) in [6, 6.07) is 9.77. The highest BCUT2D eigenvalue weighted by Gasteiger charge is 2.10. The van der Waals surface area contributed by atoms with Crippen molar-refractivity contribution < 1.29 is 29.2 Å². The number of rotatable bonds is 10. The second-order valence-electron chi connectivity index (χ2n) is 6.19. The first kappa shape index (κ1) is 20.4. The lowest BCUT2D eigenvalue weighted by Gasteiger charge is -2.08. The number of aryl methyl sites for hydroxylation is 1. The van der Waals surface area contributed by atoms with Crippen molar-refractivity contribution in [3.8, 4) is 23.0 Å². The SMILES string of the molecule is COc1cc(CCCCCCOC(=O)c2ccc(O)c(OC)c2)ccc1O. The first-order valence-corrected chi connectivity index (χ1v) is 8.95. The Bertz CT molecular complexity index is 756. The van der Waals surface area contributed by atoms with Crippen LogP contribution in [0.3, 0.4) is 0 Å². The molecule has 27 heavy (non-hydrogen) atoms. The molecule has 6 heteroatoms. The lowest BCUT2D eigenvalue weighted by Crippen LogP contribution is -2.06. The number of hydrogen-bond acceptors (Lipinski definition) is 6. The van der Waals surface area contributed by atoms with Crippen molar-refractivity contribution in [2.75, 3.05) is 20.8 Å². The predicted molar refractivity (Wildman–Crippen MR) is 102 cm³/mol. The molecule has 0 fully saturated rings. The molecule has 6 nitrogen and oxygen atoms in total. The maximum absolute atomic E-state index is 12.0. The number of phenols is 2. The molecule has 0 saturated heterocycles. The molecule has 2 aromatic carbocycles. The van der Waals surface area contributed by atoms with E-state index in [0.717, 1.165) is 37.7 Å². The normalized spacial score (nSPS) is 10.4. The van der Waals surface area contributed by atoms with Gasteiger partial charge in [0, 0.05) is 0 Å². The molecule has 0 spiro atoms. The van der Waals surface area contributed by atoms with Crippen LogP contribution >= 0.6 is 0 Å². The van der Waals surface area contributed by atoms with Crippen LogP contribution in [0.15, 0.2) is 36.4 Å². The van der Waals surface area contributed by atoms with Gasteiger partial charge in [-0.05, 0) is 55.2 Å². The number of carbonyl (C=O) groups excluding carboxylic acids is 1. The molecule has 0 saturated carbocycles. The Morgan fingerprint density at radius 2 is 1.48 bits per heavy atom. The third kappa shape index (κ3) is 6.09. The van der Waals surface area contributed by atoms with Crippen molar-refractivity contribution in [3.63, 3.8) is 0 Å². The van der Waals surface area contributed by atoms with Crippen LogP contribution in [-0.4, -0.2) is 37.0 Å². The van der Waals surface area contributed by atoms with Crippen molar-refractivity contribution >= 4 is 5.97 Å². The molecule has 0 aliphatic rings. The Labute approximate surface area is 159 Å². The maximum atomic E-state index is 12.0. The van der Waals surface area contributed by atoms with E-state index in [1.807, 2.05) is 12.1 Å². The van der Waals surface area contributed by atoms with Gasteiger partial charge in [-0.25, -0.2) is 4.79 Å². The van der Waals surface area contributed by atoms with E-state index in [1.165, 1.54) is 32.4 Å². The van der Waals surface area contributed by atoms with Gasteiger partial charge in [-0.2, -0.15) is 0 Å². The van der Waals surface area contributed by atoms with E-state index in [4.69, 9.17) is 14.2 Å². The third-order valence-corrected chi connectivity index (χ3v) is 4.25. The fourth-order valence-corrected chi connectivity index (χ4v) is 2.72. The number of esters is 1. The Balaban J connectivity index is 1.64. The smallest absolute Gasteiger partial charge is 0.338 e. The highest BCUT2D eigenvalue weighted by Crippen LogP contribution is 2.27. The number of hydrogen-bond donors (Lipinski definition) is 2. The Morgan fingerprint density at radius 3 is 2.19 bits per heavy atom. The van der Waals surface area contributed by atoms with Crippen molar-refractivity contribution in [2.45, 2.75) is 32.1 Å². The fourth-order valence-electron chi connectivity index (χ4n) is 2.72. The summed E-state index contributed by atoms with van der Waals surface area (Å²) >= 11 is 0. The van der Waals surface area contributed by atoms with E-state index in [0.29, 0.717) is 17.9 Å². The van der Waals surface area contributed by atoms with E-state index in [9.17, 15) is 15.0 Å². The standard InChI is InChI=1S/C21H26O6/c1-25-19-13-15(8-10-17(19)22)7-5-3-4-6-12-27-21(24)16-9-11-18(23)20(14-16)26-2/h8-11,13-14,22-23H,3-7,12H2,1-2H3. The summed E-state index contributed by atoms with van der Waals surface area (Å²) in [5.74, 6) is 0.444. The van der Waals surface area contributed by atoms with Crippen LogP contribution in [0.25, 0.3) is 0 Å². The predicted octanol–water partition coefficient (Wildman–Crippen LogP) is 4.07. The number of phenolic OH excluding ortho intramolecular Hbond substituents is 2. The number of benzene rings is 2. The van der Waals surface area contributed by atoms with Crippen LogP contribution in [0.2, 0.25) is 0 Å². The second kappa shape index (κ2) is 10.3. The Morgan fingerprint density at radius 1 is 0.852 bits per heavy atom. The van der Waals surface area contributed by atoms with Crippen LogP contribution in [-0.2, 0) is 11.2 Å². The van der Waals surface area contributed by atoms with Crippen LogP contribution in [0, 0.1) is 0 Å². The molecule has 0 aromatic heterocycles. The molecule has 0 aliphatic carbocycles. The highest BCUT2D eigenvalue weighted by molar-refractivity contribution is 5.90.